The Bertz CT molecular complexity index is 381. The number of para-hydroxylation sites is 1. The van der Waals surface area contributed by atoms with Crippen LogP contribution >= 0.6 is 0 Å². The van der Waals surface area contributed by atoms with E-state index in [4.69, 9.17) is 4.74 Å². The van der Waals surface area contributed by atoms with Gasteiger partial charge in [-0.15, -0.1) is 0 Å². The standard InChI is InChI=1S/C9H10N2O3.2CH3.Sn/c1-14-8-4-2-3-7(9(8)13)5-10-11-6-12;;;/h2-6,13H,1H3,(H,11,12);2*1H3;/q;;;+2/p-2/b10-5+;;;. The fraction of sp³-hybridized carbons (Fsp3) is 0.273. The maximum atomic E-state index is 11.4. The summed E-state index contributed by atoms with van der Waals surface area (Å²) in [5, 5.41) is 27.7. The van der Waals surface area contributed by atoms with E-state index in [1.807, 2.05) is 0 Å². The normalized spacial score (nSPS) is 9.82. The number of hydrogen-bond acceptors (Lipinski definition) is 5. The van der Waals surface area contributed by atoms with Crippen molar-refractivity contribution in [2.75, 3.05) is 7.11 Å². The third-order valence-corrected chi connectivity index (χ3v) is 1.54. The predicted octanol–water partition coefficient (Wildman–Crippen LogP) is 0.278. The summed E-state index contributed by atoms with van der Waals surface area (Å²) in [5.41, 5.74) is 0.329. The molecule has 1 aromatic rings. The van der Waals surface area contributed by atoms with Crippen molar-refractivity contribution < 1.29 is 14.9 Å². The van der Waals surface area contributed by atoms with E-state index < -0.39 is 0 Å². The molecule has 0 aliphatic carbocycles. The van der Waals surface area contributed by atoms with Gasteiger partial charge in [0.2, 0.25) is 0 Å². The molecule has 0 amide bonds. The quantitative estimate of drug-likeness (QED) is 0.343. The summed E-state index contributed by atoms with van der Waals surface area (Å²) in [4.78, 5) is 4.59. The van der Waals surface area contributed by atoms with Gasteiger partial charge in [-0.2, -0.15) is 10.2 Å². The van der Waals surface area contributed by atoms with Gasteiger partial charge in [-0.05, 0) is 18.0 Å². The minimum atomic E-state index is -0.278. The fourth-order valence-electron chi connectivity index (χ4n) is 0.918. The molecule has 6 heteroatoms. The molecule has 0 aliphatic heterocycles. The summed E-state index contributed by atoms with van der Waals surface area (Å²) in [7, 11) is 1.41. The van der Waals surface area contributed by atoms with Crippen LogP contribution in [0.4, 0.5) is 0 Å². The van der Waals surface area contributed by atoms with Gasteiger partial charge in [0.05, 0.1) is 13.3 Å². The molecular weight excluding hydrogens is 327 g/mol. The molecule has 0 saturated carbocycles. The zero-order chi connectivity index (χ0) is 13.1. The van der Waals surface area contributed by atoms with Crippen LogP contribution in [0.25, 0.3) is 0 Å². The van der Waals surface area contributed by atoms with Crippen molar-refractivity contribution in [1.82, 2.24) is 0 Å². The molecule has 0 N–H and O–H groups in total. The first-order valence-electron chi connectivity index (χ1n) is 4.80. The van der Waals surface area contributed by atoms with Crippen molar-refractivity contribution in [1.29, 1.82) is 0 Å². The Morgan fingerprint density at radius 2 is 1.94 bits per heavy atom. The van der Waals surface area contributed by atoms with Crippen molar-refractivity contribution in [2.45, 2.75) is 9.88 Å². The number of nitrogens with zero attached hydrogens (tertiary/aromatic N) is 2. The Kier molecular flexibility index (Phi) is 9.22. The molecule has 1 aromatic carbocycles. The van der Waals surface area contributed by atoms with Gasteiger partial charge in [0, 0.05) is 0 Å². The van der Waals surface area contributed by atoms with Crippen LogP contribution < -0.4 is 14.9 Å². The Morgan fingerprint density at radius 1 is 1.29 bits per heavy atom. The van der Waals surface area contributed by atoms with Crippen LogP contribution in [0.2, 0.25) is 9.88 Å². The zero-order valence-corrected chi connectivity index (χ0v) is 12.9. The summed E-state index contributed by atoms with van der Waals surface area (Å²) < 4.78 is 4.82. The minimum absolute atomic E-state index is 0.230. The van der Waals surface area contributed by atoms with E-state index in [0.717, 1.165) is 0 Å². The number of methoxy groups -OCH3 is 1. The molecule has 0 spiro atoms. The van der Waals surface area contributed by atoms with Gasteiger partial charge in [-0.3, -0.25) is 0 Å². The van der Waals surface area contributed by atoms with Crippen molar-refractivity contribution in [3.8, 4) is 11.5 Å². The second-order valence-electron chi connectivity index (χ2n) is 2.84. The van der Waals surface area contributed by atoms with E-state index in [-0.39, 0.29) is 32.6 Å². The Balaban J connectivity index is 0.000000770. The summed E-state index contributed by atoms with van der Waals surface area (Å²) in [6.07, 6.45) is 1.50. The maximum absolute atomic E-state index is 11.4. The van der Waals surface area contributed by atoms with Crippen molar-refractivity contribution in [3.05, 3.63) is 23.8 Å². The summed E-state index contributed by atoms with van der Waals surface area (Å²) in [6.45, 7) is 0. The topological polar surface area (TPSA) is 80.1 Å². The van der Waals surface area contributed by atoms with Crippen molar-refractivity contribution >= 4 is 33.8 Å². The molecule has 0 fully saturated rings. The summed E-state index contributed by atoms with van der Waals surface area (Å²) >= 11 is 0.230. The fourth-order valence-corrected chi connectivity index (χ4v) is 0.918. The van der Waals surface area contributed by atoms with Gasteiger partial charge in [0.1, 0.15) is 5.75 Å². The molecule has 0 radical (unpaired) electrons. The third kappa shape index (κ3) is 6.15. The average molecular weight is 341 g/mol. The molecule has 0 atom stereocenters. The predicted molar refractivity (Wildman–Crippen MR) is 66.0 cm³/mol. The molecule has 1 rings (SSSR count). The molecule has 0 saturated heterocycles. The first-order chi connectivity index (χ1) is 8.21. The second-order valence-corrected chi connectivity index (χ2v) is 5.70. The molecule has 0 aliphatic rings. The van der Waals surface area contributed by atoms with Crippen LogP contribution in [-0.4, -0.2) is 40.9 Å². The second kappa shape index (κ2) is 9.95. The third-order valence-electron chi connectivity index (χ3n) is 1.54. The number of hydrogen-bond donors (Lipinski definition) is 0. The molecule has 0 heterocycles. The number of ether oxygens (including phenoxy) is 1. The van der Waals surface area contributed by atoms with E-state index >= 15 is 0 Å². The Labute approximate surface area is 111 Å². The Morgan fingerprint density at radius 3 is 2.47 bits per heavy atom. The van der Waals surface area contributed by atoms with E-state index in [2.05, 4.69) is 20.1 Å². The monoisotopic (exact) mass is 342 g/mol. The van der Waals surface area contributed by atoms with E-state index in [0.29, 0.717) is 12.0 Å². The molecule has 5 nitrogen and oxygen atoms in total. The molecule has 90 valence electrons. The van der Waals surface area contributed by atoms with Crippen LogP contribution in [0.5, 0.6) is 11.5 Å². The molecule has 0 bridgehead atoms. The summed E-state index contributed by atoms with van der Waals surface area (Å²) in [6, 6.07) is 4.77. The van der Waals surface area contributed by atoms with Crippen LogP contribution in [-0.2, 0) is 0 Å². The molecular formula is C11H14N2O3Sn. The van der Waals surface area contributed by atoms with Gasteiger partial charge in [-0.25, -0.2) is 0 Å². The molecule has 17 heavy (non-hydrogen) atoms. The SMILES string of the molecule is COc1cccc(/C=N/N=C\[O-])c1[O-].[CH3][Sn+2][CH3]. The van der Waals surface area contributed by atoms with Crippen molar-refractivity contribution in [2.24, 2.45) is 10.2 Å². The first kappa shape index (κ1) is 15.8. The Hall–Kier alpha value is -1.24. The first-order valence-corrected chi connectivity index (χ1v) is 10.5. The van der Waals surface area contributed by atoms with Gasteiger partial charge < -0.3 is 14.9 Å². The van der Waals surface area contributed by atoms with Gasteiger partial charge in [-0.1, -0.05) is 17.9 Å². The van der Waals surface area contributed by atoms with E-state index in [1.54, 1.807) is 18.2 Å². The average Bonchev–Trinajstić information content (AvgIpc) is 2.33. The van der Waals surface area contributed by atoms with Gasteiger partial charge >= 0.3 is 31.0 Å². The molecule has 0 aromatic heterocycles. The van der Waals surface area contributed by atoms with Crippen LogP contribution in [0.15, 0.2) is 28.4 Å². The van der Waals surface area contributed by atoms with Crippen LogP contribution in [0, 0.1) is 0 Å². The van der Waals surface area contributed by atoms with E-state index in [1.165, 1.54) is 13.3 Å². The van der Waals surface area contributed by atoms with Crippen LogP contribution in [0.3, 0.4) is 0 Å². The number of benzene rings is 1. The van der Waals surface area contributed by atoms with Crippen LogP contribution in [0.1, 0.15) is 5.56 Å². The van der Waals surface area contributed by atoms with Gasteiger partial charge in [0.15, 0.2) is 0 Å². The van der Waals surface area contributed by atoms with Gasteiger partial charge in [0.25, 0.3) is 0 Å². The summed E-state index contributed by atoms with van der Waals surface area (Å²) in [5.74, 6) is -0.0418. The zero-order valence-electron chi connectivity index (χ0n) is 10.0. The number of rotatable bonds is 3. The van der Waals surface area contributed by atoms with Crippen molar-refractivity contribution in [3.63, 3.8) is 0 Å². The van der Waals surface area contributed by atoms with E-state index in [9.17, 15) is 10.2 Å². The molecule has 0 unspecified atom stereocenters.